The number of halogens is 1. The number of nitro benzene ring substituents is 1. The summed E-state index contributed by atoms with van der Waals surface area (Å²) in [5, 5.41) is 16.3. The zero-order chi connectivity index (χ0) is 31.4. The zero-order valence-electron chi connectivity index (χ0n) is 23.8. The number of carbonyl (C=O) groups excluding carboxylic acids is 2. The van der Waals surface area contributed by atoms with E-state index in [2.05, 4.69) is 15.5 Å². The number of ether oxygens (including phenoxy) is 2. The van der Waals surface area contributed by atoms with Gasteiger partial charge in [0.25, 0.3) is 11.6 Å². The maximum absolute atomic E-state index is 13.4. The van der Waals surface area contributed by atoms with E-state index in [1.165, 1.54) is 43.7 Å². The van der Waals surface area contributed by atoms with Gasteiger partial charge >= 0.3 is 5.97 Å². The predicted octanol–water partition coefficient (Wildman–Crippen LogP) is 6.45. The average Bonchev–Trinajstić information content (AvgIpc) is 3.40. The highest BCUT2D eigenvalue weighted by molar-refractivity contribution is 6.34. The molecule has 0 aliphatic carbocycles. The number of hydrogen-bond donors (Lipinski definition) is 2. The molecule has 0 bridgehead atoms. The molecule has 5 rings (SSSR count). The van der Waals surface area contributed by atoms with Crippen LogP contribution in [0.3, 0.4) is 0 Å². The van der Waals surface area contributed by atoms with E-state index in [4.69, 9.17) is 21.1 Å². The summed E-state index contributed by atoms with van der Waals surface area (Å²) in [5.74, 6) is -0.808. The van der Waals surface area contributed by atoms with E-state index in [0.717, 1.165) is 16.6 Å². The van der Waals surface area contributed by atoms with E-state index in [9.17, 15) is 19.7 Å². The van der Waals surface area contributed by atoms with Gasteiger partial charge in [-0.3, -0.25) is 14.9 Å². The second-order valence-electron chi connectivity index (χ2n) is 9.78. The van der Waals surface area contributed by atoms with Crippen molar-refractivity contribution >= 4 is 52.0 Å². The Hall–Kier alpha value is -5.68. The van der Waals surface area contributed by atoms with Gasteiger partial charge in [-0.2, -0.15) is 5.10 Å². The molecule has 1 heterocycles. The summed E-state index contributed by atoms with van der Waals surface area (Å²) in [6.07, 6.45) is 1.42. The Kier molecular flexibility index (Phi) is 8.59. The molecular formula is C32H26ClN5O6. The number of H-pyrrole nitrogens is 1. The third-order valence-corrected chi connectivity index (χ3v) is 7.08. The zero-order valence-corrected chi connectivity index (χ0v) is 24.6. The Bertz CT molecular complexity index is 1920. The van der Waals surface area contributed by atoms with Gasteiger partial charge < -0.3 is 19.4 Å². The molecule has 0 spiro atoms. The first kappa shape index (κ1) is 29.8. The number of nitro groups is 1. The molecule has 0 fully saturated rings. The largest absolute Gasteiger partial charge is 0.493 e. The Morgan fingerprint density at radius 3 is 2.43 bits per heavy atom. The van der Waals surface area contributed by atoms with Crippen LogP contribution in [0.2, 0.25) is 5.02 Å². The monoisotopic (exact) mass is 611 g/mol. The van der Waals surface area contributed by atoms with Crippen molar-refractivity contribution in [2.75, 3.05) is 26.1 Å². The Balaban J connectivity index is 1.36. The molecule has 0 aliphatic rings. The molecule has 2 N–H and O–H groups in total. The van der Waals surface area contributed by atoms with E-state index in [1.807, 2.05) is 55.4 Å². The molecule has 12 heteroatoms. The number of nitrogens with one attached hydrogen (secondary N) is 2. The molecule has 0 saturated heterocycles. The second kappa shape index (κ2) is 12.7. The van der Waals surface area contributed by atoms with Crippen LogP contribution in [0.15, 0.2) is 90.0 Å². The van der Waals surface area contributed by atoms with Gasteiger partial charge in [0, 0.05) is 59.0 Å². The number of rotatable bonds is 9. The lowest BCUT2D eigenvalue weighted by Gasteiger charge is -2.13. The minimum Gasteiger partial charge on any atom is -0.493 e. The van der Waals surface area contributed by atoms with Crippen molar-refractivity contribution in [3.05, 3.63) is 117 Å². The van der Waals surface area contributed by atoms with Crippen molar-refractivity contribution in [2.24, 2.45) is 5.10 Å². The fourth-order valence-corrected chi connectivity index (χ4v) is 4.75. The lowest BCUT2D eigenvalue weighted by molar-refractivity contribution is -0.384. The molecule has 1 amide bonds. The van der Waals surface area contributed by atoms with Crippen LogP contribution in [0.5, 0.6) is 11.5 Å². The molecule has 222 valence electrons. The number of non-ortho nitro benzene ring substituents is 1. The summed E-state index contributed by atoms with van der Waals surface area (Å²) in [6.45, 7) is 0. The normalized spacial score (nSPS) is 11.0. The summed E-state index contributed by atoms with van der Waals surface area (Å²) >= 11 is 6.55. The maximum atomic E-state index is 13.4. The highest BCUT2D eigenvalue weighted by atomic mass is 35.5. The van der Waals surface area contributed by atoms with Gasteiger partial charge in [0.15, 0.2) is 11.5 Å². The lowest BCUT2D eigenvalue weighted by Crippen LogP contribution is -2.19. The molecule has 0 saturated carbocycles. The molecular weight excluding hydrogens is 586 g/mol. The van der Waals surface area contributed by atoms with Crippen molar-refractivity contribution in [3.8, 4) is 22.6 Å². The number of hydrazone groups is 1. The topological polar surface area (TPSA) is 139 Å². The van der Waals surface area contributed by atoms with Crippen molar-refractivity contribution in [3.63, 3.8) is 0 Å². The fraction of sp³-hybridized carbons (Fsp3) is 0.0938. The summed E-state index contributed by atoms with van der Waals surface area (Å²) in [6, 6.07) is 22.9. The van der Waals surface area contributed by atoms with E-state index in [-0.39, 0.29) is 22.7 Å². The average molecular weight is 612 g/mol. The number of anilines is 1. The Labute approximate surface area is 256 Å². The summed E-state index contributed by atoms with van der Waals surface area (Å²) in [5.41, 5.74) is 6.50. The highest BCUT2D eigenvalue weighted by Crippen LogP contribution is 2.38. The summed E-state index contributed by atoms with van der Waals surface area (Å²) in [7, 11) is 5.29. The van der Waals surface area contributed by atoms with Crippen LogP contribution in [0.1, 0.15) is 26.4 Å². The number of fused-ring (bicyclic) bond motifs is 1. The van der Waals surface area contributed by atoms with Crippen LogP contribution in [0.25, 0.3) is 22.0 Å². The number of methoxy groups -OCH3 is 1. The summed E-state index contributed by atoms with van der Waals surface area (Å²) in [4.78, 5) is 41.4. The first-order valence-electron chi connectivity index (χ1n) is 13.2. The van der Waals surface area contributed by atoms with E-state index < -0.39 is 16.8 Å². The number of nitrogens with zero attached hydrogens (tertiary/aromatic N) is 3. The highest BCUT2D eigenvalue weighted by Gasteiger charge is 2.21. The maximum Gasteiger partial charge on any atom is 0.343 e. The Morgan fingerprint density at radius 2 is 1.75 bits per heavy atom. The molecule has 0 aliphatic heterocycles. The van der Waals surface area contributed by atoms with Crippen LogP contribution < -0.4 is 19.8 Å². The van der Waals surface area contributed by atoms with Crippen LogP contribution in [-0.4, -0.2) is 49.2 Å². The molecule has 44 heavy (non-hydrogen) atoms. The van der Waals surface area contributed by atoms with Gasteiger partial charge in [0.1, 0.15) is 5.69 Å². The number of aromatic nitrogens is 1. The first-order valence-corrected chi connectivity index (χ1v) is 13.6. The van der Waals surface area contributed by atoms with Gasteiger partial charge in [0.2, 0.25) is 0 Å². The van der Waals surface area contributed by atoms with Gasteiger partial charge in [0.05, 0.1) is 23.8 Å². The minimum absolute atomic E-state index is 0.136. The predicted molar refractivity (Wildman–Crippen MR) is 169 cm³/mol. The lowest BCUT2D eigenvalue weighted by atomic mass is 10.0. The van der Waals surface area contributed by atoms with Crippen LogP contribution in [0, 0.1) is 10.1 Å². The van der Waals surface area contributed by atoms with E-state index in [0.29, 0.717) is 27.4 Å². The number of benzene rings is 4. The number of amides is 1. The van der Waals surface area contributed by atoms with E-state index in [1.54, 1.807) is 18.2 Å². The molecule has 5 aromatic rings. The van der Waals surface area contributed by atoms with Gasteiger partial charge in [-0.15, -0.1) is 0 Å². The molecule has 0 atom stereocenters. The molecule has 1 aromatic heterocycles. The van der Waals surface area contributed by atoms with Crippen molar-refractivity contribution < 1.29 is 24.0 Å². The van der Waals surface area contributed by atoms with E-state index >= 15 is 0 Å². The molecule has 0 radical (unpaired) electrons. The fourth-order valence-electron chi connectivity index (χ4n) is 4.52. The van der Waals surface area contributed by atoms with Crippen LogP contribution in [-0.2, 0) is 0 Å². The first-order chi connectivity index (χ1) is 21.2. The quantitative estimate of drug-likeness (QED) is 0.0641. The Morgan fingerprint density at radius 1 is 1.00 bits per heavy atom. The van der Waals surface area contributed by atoms with Gasteiger partial charge in [-0.25, -0.2) is 10.2 Å². The number of esters is 1. The van der Waals surface area contributed by atoms with Gasteiger partial charge in [-0.05, 0) is 60.2 Å². The third-order valence-electron chi connectivity index (χ3n) is 6.75. The van der Waals surface area contributed by atoms with Crippen molar-refractivity contribution in [2.45, 2.75) is 0 Å². The smallest absolute Gasteiger partial charge is 0.343 e. The molecule has 11 nitrogen and oxygen atoms in total. The number of hydrogen-bond acceptors (Lipinski definition) is 8. The third kappa shape index (κ3) is 6.22. The van der Waals surface area contributed by atoms with Crippen molar-refractivity contribution in [1.29, 1.82) is 0 Å². The number of carbonyl (C=O) groups is 2. The summed E-state index contributed by atoms with van der Waals surface area (Å²) < 4.78 is 10.8. The number of aromatic amines is 1. The van der Waals surface area contributed by atoms with Gasteiger partial charge in [-0.1, -0.05) is 29.8 Å². The minimum atomic E-state index is -0.711. The molecule has 4 aromatic carbocycles. The molecule has 0 unspecified atom stereocenters. The van der Waals surface area contributed by atoms with Crippen molar-refractivity contribution in [1.82, 2.24) is 10.4 Å². The van der Waals surface area contributed by atoms with Crippen LogP contribution in [0.4, 0.5) is 11.4 Å². The second-order valence-corrected chi connectivity index (χ2v) is 10.2. The SMILES string of the molecule is COc1cc(C=NNC(=O)c2[nH]c3ccc(N(C)C)cc3c2-c2ccccc2Cl)ccc1OC(=O)c1ccc([N+](=O)[O-])cc1. The van der Waals surface area contributed by atoms with Crippen LogP contribution >= 0.6 is 11.6 Å². The standard InChI is InChI=1S/C32H26ClN5O6/c1-37(2)22-13-14-26-24(17-22)29(23-6-4-5-7-25(23)33)30(35-26)31(39)36-34-18-19-8-15-27(28(16-19)43-3)44-32(40)20-9-11-21(12-10-20)38(41)42/h4-18,35H,1-3H3,(H,36,39).